The minimum atomic E-state index is -0.340. The average Bonchev–Trinajstić information content (AvgIpc) is 2.46. The normalized spacial score (nSPS) is 20.6. The summed E-state index contributed by atoms with van der Waals surface area (Å²) in [6.07, 6.45) is 4.73. The summed E-state index contributed by atoms with van der Waals surface area (Å²) in [4.78, 5) is 28.3. The molecule has 1 aliphatic carbocycles. The highest BCUT2D eigenvalue weighted by Gasteiger charge is 2.21. The second-order valence-electron chi connectivity index (χ2n) is 5.80. The lowest BCUT2D eigenvalue weighted by atomic mass is 9.86. The molecule has 1 saturated carbocycles. The highest BCUT2D eigenvalue weighted by molar-refractivity contribution is 7.80. The van der Waals surface area contributed by atoms with Gasteiger partial charge in [0.05, 0.1) is 6.42 Å². The first-order chi connectivity index (χ1) is 10.9. The molecule has 5 N–H and O–H groups in total. The van der Waals surface area contributed by atoms with E-state index in [-0.39, 0.29) is 22.7 Å². The zero-order valence-corrected chi connectivity index (χ0v) is 14.5. The van der Waals surface area contributed by atoms with Crippen LogP contribution < -0.4 is 21.7 Å². The third-order valence-corrected chi connectivity index (χ3v) is 4.33. The first-order valence-electron chi connectivity index (χ1n) is 7.62. The number of thiocarbonyl (C=S) groups is 1. The Kier molecular flexibility index (Phi) is 6.28. The molecule has 0 aromatic carbocycles. The van der Waals surface area contributed by atoms with Crippen molar-refractivity contribution in [2.75, 3.05) is 0 Å². The number of carbonyl (C=O) groups excluding carboxylic acids is 1. The second-order valence-corrected chi connectivity index (χ2v) is 6.62. The largest absolute Gasteiger partial charge is 0.358 e. The quantitative estimate of drug-likeness (QED) is 0.410. The van der Waals surface area contributed by atoms with Crippen LogP contribution >= 0.6 is 24.4 Å². The summed E-state index contributed by atoms with van der Waals surface area (Å²) in [5, 5.41) is 3.63. The van der Waals surface area contributed by atoms with Gasteiger partial charge in [0.1, 0.15) is 0 Å². The molecule has 1 heterocycles. The molecule has 1 aromatic rings. The van der Waals surface area contributed by atoms with Crippen molar-refractivity contribution in [1.29, 1.82) is 0 Å². The van der Waals surface area contributed by atoms with Gasteiger partial charge in [-0.05, 0) is 43.2 Å². The number of hydrazine groups is 1. The maximum absolute atomic E-state index is 11.9. The topological polar surface area (TPSA) is 102 Å². The fourth-order valence-electron chi connectivity index (χ4n) is 2.69. The van der Waals surface area contributed by atoms with Gasteiger partial charge >= 0.3 is 0 Å². The highest BCUT2D eigenvalue weighted by Crippen LogP contribution is 2.23. The lowest BCUT2D eigenvalue weighted by Gasteiger charge is -2.30. The molecule has 2 rings (SSSR count). The summed E-state index contributed by atoms with van der Waals surface area (Å²) in [6.45, 7) is 2.20. The minimum absolute atomic E-state index is 0.00298. The van der Waals surface area contributed by atoms with E-state index in [2.05, 4.69) is 33.1 Å². The van der Waals surface area contributed by atoms with Crippen LogP contribution in [0.15, 0.2) is 10.9 Å². The molecular formula is C14H21N5O2S2. The van der Waals surface area contributed by atoms with E-state index in [0.717, 1.165) is 6.42 Å². The van der Waals surface area contributed by atoms with Crippen LogP contribution in [0.3, 0.4) is 0 Å². The maximum Gasteiger partial charge on any atom is 0.251 e. The molecular weight excluding hydrogens is 334 g/mol. The third kappa shape index (κ3) is 5.76. The van der Waals surface area contributed by atoms with Crippen molar-refractivity contribution in [2.45, 2.75) is 45.1 Å². The van der Waals surface area contributed by atoms with Crippen molar-refractivity contribution >= 4 is 35.5 Å². The zero-order chi connectivity index (χ0) is 16.8. The van der Waals surface area contributed by atoms with Crippen molar-refractivity contribution in [1.82, 2.24) is 26.1 Å². The van der Waals surface area contributed by atoms with Gasteiger partial charge in [0.2, 0.25) is 5.91 Å². The first-order valence-corrected chi connectivity index (χ1v) is 8.43. The Labute approximate surface area is 144 Å². The number of H-pyrrole nitrogens is 2. The SMILES string of the molecule is C[C@@H]1CCCC[C@@H]1NC(=S)NNC(=O)Cc1cc(=O)[nH]c(=S)[nH]1. The van der Waals surface area contributed by atoms with Crippen LogP contribution in [0.5, 0.6) is 0 Å². The van der Waals surface area contributed by atoms with E-state index >= 15 is 0 Å². The molecule has 1 amide bonds. The molecule has 126 valence electrons. The van der Waals surface area contributed by atoms with E-state index in [1.807, 2.05) is 0 Å². The lowest BCUT2D eigenvalue weighted by Crippen LogP contribution is -2.52. The standard InChI is InChI=1S/C14H21N5O2S2/c1-8-4-2-3-5-10(8)16-14(23)19-18-12(21)7-9-6-11(20)17-13(22)15-9/h6,8,10H,2-5,7H2,1H3,(H,18,21)(H2,16,19,23)(H2,15,17,20,22)/t8-,10+/m1/s1. The first kappa shape index (κ1) is 17.6. The van der Waals surface area contributed by atoms with Gasteiger partial charge in [-0.15, -0.1) is 0 Å². The maximum atomic E-state index is 11.9. The summed E-state index contributed by atoms with van der Waals surface area (Å²) < 4.78 is 0.191. The van der Waals surface area contributed by atoms with E-state index in [1.165, 1.54) is 25.3 Å². The number of rotatable bonds is 3. The monoisotopic (exact) mass is 355 g/mol. The number of nitrogens with one attached hydrogen (secondary N) is 5. The second kappa shape index (κ2) is 8.21. The van der Waals surface area contributed by atoms with E-state index in [0.29, 0.717) is 22.8 Å². The van der Waals surface area contributed by atoms with Gasteiger partial charge in [0.15, 0.2) is 9.88 Å². The zero-order valence-electron chi connectivity index (χ0n) is 12.9. The minimum Gasteiger partial charge on any atom is -0.358 e. The van der Waals surface area contributed by atoms with Gasteiger partial charge in [-0.1, -0.05) is 19.8 Å². The Morgan fingerprint density at radius 2 is 2.04 bits per heavy atom. The Bertz CT molecular complexity index is 656. The van der Waals surface area contributed by atoms with Gasteiger partial charge in [0, 0.05) is 17.8 Å². The Hall–Kier alpha value is -1.74. The smallest absolute Gasteiger partial charge is 0.251 e. The summed E-state index contributed by atoms with van der Waals surface area (Å²) in [6, 6.07) is 1.64. The molecule has 1 fully saturated rings. The van der Waals surface area contributed by atoms with Crippen molar-refractivity contribution in [2.24, 2.45) is 5.92 Å². The summed E-state index contributed by atoms with van der Waals surface area (Å²) in [5.74, 6) is 0.248. The van der Waals surface area contributed by atoms with Gasteiger partial charge in [-0.2, -0.15) is 0 Å². The van der Waals surface area contributed by atoms with Gasteiger partial charge in [-0.25, -0.2) is 0 Å². The number of aromatic nitrogens is 2. The number of amides is 1. The van der Waals surface area contributed by atoms with Crippen LogP contribution in [-0.2, 0) is 11.2 Å². The Morgan fingerprint density at radius 1 is 1.30 bits per heavy atom. The van der Waals surface area contributed by atoms with E-state index < -0.39 is 0 Å². The number of hydrogen-bond donors (Lipinski definition) is 5. The molecule has 23 heavy (non-hydrogen) atoms. The highest BCUT2D eigenvalue weighted by atomic mass is 32.1. The van der Waals surface area contributed by atoms with Gasteiger partial charge in [-0.3, -0.25) is 25.4 Å². The fourth-order valence-corrected chi connectivity index (χ4v) is 3.13. The van der Waals surface area contributed by atoms with Gasteiger partial charge in [0.25, 0.3) is 5.56 Å². The van der Waals surface area contributed by atoms with Crippen LogP contribution in [0.25, 0.3) is 0 Å². The molecule has 0 unspecified atom stereocenters. The molecule has 2 atom stereocenters. The van der Waals surface area contributed by atoms with E-state index in [4.69, 9.17) is 24.4 Å². The van der Waals surface area contributed by atoms with Crippen molar-refractivity contribution < 1.29 is 4.79 Å². The summed E-state index contributed by atoms with van der Waals surface area (Å²) in [5.41, 5.74) is 5.31. The molecule has 0 spiro atoms. The van der Waals surface area contributed by atoms with Crippen LogP contribution in [0, 0.1) is 10.7 Å². The molecule has 0 bridgehead atoms. The molecule has 0 saturated heterocycles. The molecule has 0 radical (unpaired) electrons. The van der Waals surface area contributed by atoms with Crippen LogP contribution in [-0.4, -0.2) is 27.0 Å². The van der Waals surface area contributed by atoms with E-state index in [1.54, 1.807) is 0 Å². The van der Waals surface area contributed by atoms with Crippen LogP contribution in [0.4, 0.5) is 0 Å². The third-order valence-electron chi connectivity index (χ3n) is 3.91. The molecule has 0 aliphatic heterocycles. The van der Waals surface area contributed by atoms with Crippen LogP contribution in [0.1, 0.15) is 38.3 Å². The predicted molar refractivity (Wildman–Crippen MR) is 94.4 cm³/mol. The van der Waals surface area contributed by atoms with Crippen molar-refractivity contribution in [3.63, 3.8) is 0 Å². The van der Waals surface area contributed by atoms with Crippen molar-refractivity contribution in [3.05, 3.63) is 26.9 Å². The van der Waals surface area contributed by atoms with Crippen LogP contribution in [0.2, 0.25) is 0 Å². The average molecular weight is 355 g/mol. The molecule has 7 nitrogen and oxygen atoms in total. The lowest BCUT2D eigenvalue weighted by molar-refractivity contribution is -0.121. The number of aromatic amines is 2. The molecule has 9 heteroatoms. The molecule has 1 aliphatic rings. The Morgan fingerprint density at radius 3 is 2.74 bits per heavy atom. The fraction of sp³-hybridized carbons (Fsp3) is 0.571. The predicted octanol–water partition coefficient (Wildman–Crippen LogP) is 1.05. The van der Waals surface area contributed by atoms with E-state index in [9.17, 15) is 9.59 Å². The Balaban J connectivity index is 1.78. The van der Waals surface area contributed by atoms with Crippen molar-refractivity contribution in [3.8, 4) is 0 Å². The van der Waals surface area contributed by atoms with Gasteiger partial charge < -0.3 is 10.3 Å². The summed E-state index contributed by atoms with van der Waals surface area (Å²) >= 11 is 10.1. The number of hydrogen-bond acceptors (Lipinski definition) is 4. The number of carbonyl (C=O) groups is 1. The molecule has 1 aromatic heterocycles. The summed E-state index contributed by atoms with van der Waals surface area (Å²) in [7, 11) is 0.